The van der Waals surface area contributed by atoms with Crippen molar-refractivity contribution in [1.29, 1.82) is 0 Å². The van der Waals surface area contributed by atoms with Gasteiger partial charge in [0, 0.05) is 18.1 Å². The van der Waals surface area contributed by atoms with Gasteiger partial charge < -0.3 is 10.8 Å². The van der Waals surface area contributed by atoms with E-state index in [4.69, 9.17) is 5.73 Å². The van der Waals surface area contributed by atoms with Gasteiger partial charge in [-0.15, -0.1) is 0 Å². The van der Waals surface area contributed by atoms with E-state index in [9.17, 15) is 9.90 Å². The standard InChI is InChI=1S/C19H16N6O2/c20-14-2-1-3-15(7-14)25-17-5-4-12(10-26)6-16(17)23-19(25)24-18(27)13-8-21-11-22-9-13/h1-9,11,26H,10,20H2,(H,23,24,27). The molecular weight excluding hydrogens is 344 g/mol. The van der Waals surface area contributed by atoms with Crippen LogP contribution in [0.4, 0.5) is 11.6 Å². The number of nitrogen functional groups attached to an aromatic ring is 1. The fourth-order valence-electron chi connectivity index (χ4n) is 2.82. The maximum Gasteiger partial charge on any atom is 0.261 e. The molecule has 0 saturated carbocycles. The molecule has 2 heterocycles. The lowest BCUT2D eigenvalue weighted by Gasteiger charge is -2.11. The highest BCUT2D eigenvalue weighted by Crippen LogP contribution is 2.27. The molecule has 0 aliphatic heterocycles. The van der Waals surface area contributed by atoms with Crippen LogP contribution in [0.5, 0.6) is 0 Å². The predicted molar refractivity (Wildman–Crippen MR) is 101 cm³/mol. The maximum absolute atomic E-state index is 12.6. The van der Waals surface area contributed by atoms with E-state index in [1.807, 2.05) is 24.3 Å². The summed E-state index contributed by atoms with van der Waals surface area (Å²) in [6, 6.07) is 12.7. The van der Waals surface area contributed by atoms with Crippen LogP contribution in [0.2, 0.25) is 0 Å². The number of rotatable bonds is 4. The highest BCUT2D eigenvalue weighted by Gasteiger charge is 2.16. The van der Waals surface area contributed by atoms with Crippen molar-refractivity contribution in [2.75, 3.05) is 11.1 Å². The van der Waals surface area contributed by atoms with Crippen LogP contribution in [0.25, 0.3) is 16.7 Å². The predicted octanol–water partition coefficient (Wildman–Crippen LogP) is 2.14. The van der Waals surface area contributed by atoms with Gasteiger partial charge in [0.25, 0.3) is 5.91 Å². The second kappa shape index (κ2) is 6.85. The number of fused-ring (bicyclic) bond motifs is 1. The third kappa shape index (κ3) is 3.21. The number of carbonyl (C=O) groups is 1. The number of amides is 1. The molecule has 8 nitrogen and oxygen atoms in total. The molecule has 134 valence electrons. The minimum absolute atomic E-state index is 0.0931. The Bertz CT molecular complexity index is 1120. The lowest BCUT2D eigenvalue weighted by molar-refractivity contribution is 0.102. The minimum Gasteiger partial charge on any atom is -0.399 e. The molecule has 0 atom stereocenters. The fourth-order valence-corrected chi connectivity index (χ4v) is 2.82. The molecule has 0 aliphatic carbocycles. The van der Waals surface area contributed by atoms with Crippen LogP contribution in [0.1, 0.15) is 15.9 Å². The molecule has 0 unspecified atom stereocenters. The van der Waals surface area contributed by atoms with Crippen LogP contribution in [-0.4, -0.2) is 30.5 Å². The molecule has 8 heteroatoms. The number of hydrogen-bond donors (Lipinski definition) is 3. The Labute approximate surface area is 154 Å². The summed E-state index contributed by atoms with van der Waals surface area (Å²) in [7, 11) is 0. The van der Waals surface area contributed by atoms with E-state index in [1.54, 1.807) is 22.8 Å². The number of imidazole rings is 1. The van der Waals surface area contributed by atoms with Gasteiger partial charge in [-0.2, -0.15) is 0 Å². The number of aromatic nitrogens is 4. The second-order valence-corrected chi connectivity index (χ2v) is 5.93. The summed E-state index contributed by atoms with van der Waals surface area (Å²) < 4.78 is 1.80. The summed E-state index contributed by atoms with van der Waals surface area (Å²) in [5.41, 5.74) is 9.74. The van der Waals surface area contributed by atoms with Gasteiger partial charge in [0.15, 0.2) is 0 Å². The number of aliphatic hydroxyl groups is 1. The molecule has 0 fully saturated rings. The third-order valence-electron chi connectivity index (χ3n) is 4.08. The average molecular weight is 360 g/mol. The quantitative estimate of drug-likeness (QED) is 0.480. The van der Waals surface area contributed by atoms with Crippen LogP contribution in [0, 0.1) is 0 Å². The van der Waals surface area contributed by atoms with Gasteiger partial charge in [0.05, 0.1) is 28.9 Å². The van der Waals surface area contributed by atoms with Gasteiger partial charge >= 0.3 is 0 Å². The largest absolute Gasteiger partial charge is 0.399 e. The number of aliphatic hydroxyl groups excluding tert-OH is 1. The Morgan fingerprint density at radius 1 is 1.15 bits per heavy atom. The topological polar surface area (TPSA) is 119 Å². The van der Waals surface area contributed by atoms with Crippen molar-refractivity contribution in [1.82, 2.24) is 19.5 Å². The Kier molecular flexibility index (Phi) is 4.23. The number of carbonyl (C=O) groups excluding carboxylic acids is 1. The fraction of sp³-hybridized carbons (Fsp3) is 0.0526. The van der Waals surface area contributed by atoms with Crippen molar-refractivity contribution in [3.8, 4) is 5.69 Å². The monoisotopic (exact) mass is 360 g/mol. The van der Waals surface area contributed by atoms with E-state index >= 15 is 0 Å². The summed E-state index contributed by atoms with van der Waals surface area (Å²) in [4.78, 5) is 24.8. The Hall–Kier alpha value is -3.78. The zero-order valence-corrected chi connectivity index (χ0v) is 14.2. The molecule has 4 rings (SSSR count). The van der Waals surface area contributed by atoms with E-state index in [-0.39, 0.29) is 12.5 Å². The van der Waals surface area contributed by atoms with E-state index in [0.29, 0.717) is 22.7 Å². The smallest absolute Gasteiger partial charge is 0.261 e. The lowest BCUT2D eigenvalue weighted by atomic mass is 10.2. The summed E-state index contributed by atoms with van der Waals surface area (Å²) >= 11 is 0. The van der Waals surface area contributed by atoms with Crippen molar-refractivity contribution in [3.05, 3.63) is 72.3 Å². The third-order valence-corrected chi connectivity index (χ3v) is 4.08. The maximum atomic E-state index is 12.6. The van der Waals surface area contributed by atoms with Crippen molar-refractivity contribution in [3.63, 3.8) is 0 Å². The normalized spacial score (nSPS) is 10.9. The molecule has 0 spiro atoms. The molecule has 2 aromatic heterocycles. The van der Waals surface area contributed by atoms with Gasteiger partial charge in [0.1, 0.15) is 6.33 Å². The zero-order chi connectivity index (χ0) is 18.8. The molecule has 4 N–H and O–H groups in total. The molecule has 2 aromatic carbocycles. The molecule has 0 radical (unpaired) electrons. The number of hydrogen-bond acceptors (Lipinski definition) is 6. The minimum atomic E-state index is -0.376. The van der Waals surface area contributed by atoms with Crippen molar-refractivity contribution in [2.45, 2.75) is 6.61 Å². The van der Waals surface area contributed by atoms with Crippen molar-refractivity contribution in [2.24, 2.45) is 0 Å². The second-order valence-electron chi connectivity index (χ2n) is 5.93. The summed E-state index contributed by atoms with van der Waals surface area (Å²) in [6.45, 7) is -0.0931. The van der Waals surface area contributed by atoms with Crippen molar-refractivity contribution < 1.29 is 9.90 Å². The Morgan fingerprint density at radius 2 is 1.96 bits per heavy atom. The van der Waals surface area contributed by atoms with Gasteiger partial charge in [-0.25, -0.2) is 15.0 Å². The number of nitrogens with two attached hydrogens (primary N) is 1. The summed E-state index contributed by atoms with van der Waals surface area (Å²) in [5.74, 6) is -0.0435. The van der Waals surface area contributed by atoms with Gasteiger partial charge in [-0.1, -0.05) is 12.1 Å². The molecule has 0 saturated heterocycles. The molecule has 0 bridgehead atoms. The van der Waals surface area contributed by atoms with E-state index in [0.717, 1.165) is 16.8 Å². The first-order valence-corrected chi connectivity index (χ1v) is 8.20. The average Bonchev–Trinajstić information content (AvgIpc) is 3.05. The molecule has 4 aromatic rings. The lowest BCUT2D eigenvalue weighted by Crippen LogP contribution is -2.16. The number of benzene rings is 2. The summed E-state index contributed by atoms with van der Waals surface area (Å²) in [6.07, 6.45) is 4.22. The molecule has 27 heavy (non-hydrogen) atoms. The van der Waals surface area contributed by atoms with Crippen LogP contribution in [0.15, 0.2) is 61.2 Å². The van der Waals surface area contributed by atoms with Gasteiger partial charge in [0.2, 0.25) is 5.95 Å². The van der Waals surface area contributed by atoms with E-state index in [2.05, 4.69) is 20.3 Å². The summed E-state index contributed by atoms with van der Waals surface area (Å²) in [5, 5.41) is 12.2. The van der Waals surface area contributed by atoms with Crippen LogP contribution in [0.3, 0.4) is 0 Å². The highest BCUT2D eigenvalue weighted by atomic mass is 16.3. The van der Waals surface area contributed by atoms with Gasteiger partial charge in [-0.05, 0) is 35.9 Å². The number of nitrogens with zero attached hydrogens (tertiary/aromatic N) is 4. The first-order chi connectivity index (χ1) is 13.2. The first kappa shape index (κ1) is 16.7. The van der Waals surface area contributed by atoms with E-state index < -0.39 is 0 Å². The van der Waals surface area contributed by atoms with E-state index in [1.165, 1.54) is 18.7 Å². The highest BCUT2D eigenvalue weighted by molar-refractivity contribution is 6.04. The van der Waals surface area contributed by atoms with Crippen LogP contribution >= 0.6 is 0 Å². The zero-order valence-electron chi connectivity index (χ0n) is 14.2. The van der Waals surface area contributed by atoms with Crippen LogP contribution < -0.4 is 11.1 Å². The Morgan fingerprint density at radius 3 is 2.70 bits per heavy atom. The first-order valence-electron chi connectivity index (χ1n) is 8.20. The van der Waals surface area contributed by atoms with Crippen LogP contribution in [-0.2, 0) is 6.61 Å². The number of anilines is 2. The molecule has 1 amide bonds. The molecule has 0 aliphatic rings. The van der Waals surface area contributed by atoms with Gasteiger partial charge in [-0.3, -0.25) is 14.7 Å². The number of nitrogens with one attached hydrogen (secondary N) is 1. The Balaban J connectivity index is 1.85. The van der Waals surface area contributed by atoms with Crippen molar-refractivity contribution >= 4 is 28.6 Å². The SMILES string of the molecule is Nc1cccc(-n2c(NC(=O)c3cncnc3)nc3cc(CO)ccc32)c1. The molecular formula is C19H16N6O2.